The maximum Gasteiger partial charge on any atom is 0.353 e. The van der Waals surface area contributed by atoms with Crippen molar-refractivity contribution in [2.75, 3.05) is 0 Å². The highest BCUT2D eigenvalue weighted by Crippen LogP contribution is 2.10. The van der Waals surface area contributed by atoms with Crippen molar-refractivity contribution in [2.24, 2.45) is 7.05 Å². The van der Waals surface area contributed by atoms with Crippen molar-refractivity contribution in [1.82, 2.24) is 18.7 Å². The summed E-state index contributed by atoms with van der Waals surface area (Å²) in [5.74, 6) is 0.312. The Hall–Kier alpha value is -2.93. The summed E-state index contributed by atoms with van der Waals surface area (Å²) in [5.41, 5.74) is -0.252. The molecule has 7 nitrogen and oxygen atoms in total. The Morgan fingerprint density at radius 1 is 1.00 bits per heavy atom. The molecule has 2 aromatic heterocycles. The number of aryl methyl sites for hydroxylation is 2. The number of hydrogen-bond donors (Lipinski definition) is 0. The van der Waals surface area contributed by atoms with Gasteiger partial charge in [0, 0.05) is 23.8 Å². The predicted octanol–water partition coefficient (Wildman–Crippen LogP) is 1.16. The average Bonchev–Trinajstić information content (AvgIpc) is 2.60. The molecule has 0 radical (unpaired) electrons. The van der Waals surface area contributed by atoms with E-state index in [2.05, 4.69) is 4.98 Å². The molecule has 0 aliphatic carbocycles. The van der Waals surface area contributed by atoms with Gasteiger partial charge in [-0.05, 0) is 30.7 Å². The van der Waals surface area contributed by atoms with Crippen LogP contribution < -0.4 is 16.9 Å². The van der Waals surface area contributed by atoms with Crippen LogP contribution in [0.5, 0.6) is 0 Å². The third-order valence-corrected chi connectivity index (χ3v) is 4.38. The van der Waals surface area contributed by atoms with Crippen LogP contribution in [0.4, 0.5) is 0 Å². The standard InChI is InChI=1S/C18H17ClN4O3/c1-12-20-17(25)23(11-14-4-3-9-21(2)16(14)24)18(26)22(12)10-13-5-7-15(19)8-6-13/h3-9H,10-11H2,1-2H3. The average molecular weight is 373 g/mol. The first-order chi connectivity index (χ1) is 12.4. The van der Waals surface area contributed by atoms with Gasteiger partial charge in [-0.1, -0.05) is 29.8 Å². The van der Waals surface area contributed by atoms with Crippen LogP contribution in [0.1, 0.15) is 17.0 Å². The quantitative estimate of drug-likeness (QED) is 0.688. The van der Waals surface area contributed by atoms with Crippen molar-refractivity contribution in [3.8, 4) is 0 Å². The normalized spacial score (nSPS) is 10.9. The number of aromatic nitrogens is 4. The van der Waals surface area contributed by atoms with Crippen LogP contribution >= 0.6 is 11.6 Å². The smallest absolute Gasteiger partial charge is 0.318 e. The lowest BCUT2D eigenvalue weighted by Gasteiger charge is -2.12. The van der Waals surface area contributed by atoms with Gasteiger partial charge in [-0.2, -0.15) is 4.98 Å². The van der Waals surface area contributed by atoms with E-state index in [4.69, 9.17) is 11.6 Å². The van der Waals surface area contributed by atoms with Crippen molar-refractivity contribution < 1.29 is 0 Å². The van der Waals surface area contributed by atoms with E-state index in [1.165, 1.54) is 9.13 Å². The molecular formula is C18H17ClN4O3. The lowest BCUT2D eigenvalue weighted by Crippen LogP contribution is -2.44. The highest BCUT2D eigenvalue weighted by Gasteiger charge is 2.13. The van der Waals surface area contributed by atoms with Gasteiger partial charge in [-0.15, -0.1) is 0 Å². The molecule has 0 bridgehead atoms. The molecule has 0 aliphatic heterocycles. The van der Waals surface area contributed by atoms with Crippen LogP contribution in [0, 0.1) is 6.92 Å². The molecule has 0 unspecified atom stereocenters. The van der Waals surface area contributed by atoms with E-state index in [0.29, 0.717) is 16.4 Å². The molecule has 134 valence electrons. The monoisotopic (exact) mass is 372 g/mol. The van der Waals surface area contributed by atoms with Gasteiger partial charge < -0.3 is 4.57 Å². The summed E-state index contributed by atoms with van der Waals surface area (Å²) in [6, 6.07) is 10.4. The molecule has 0 spiro atoms. The Morgan fingerprint density at radius 3 is 2.38 bits per heavy atom. The first-order valence-corrected chi connectivity index (χ1v) is 8.32. The zero-order valence-electron chi connectivity index (χ0n) is 14.3. The van der Waals surface area contributed by atoms with Gasteiger partial charge in [0.25, 0.3) is 5.56 Å². The zero-order chi connectivity index (χ0) is 18.8. The summed E-state index contributed by atoms with van der Waals surface area (Å²) in [6.07, 6.45) is 1.61. The van der Waals surface area contributed by atoms with Crippen LogP contribution in [0.2, 0.25) is 5.02 Å². The minimum Gasteiger partial charge on any atom is -0.318 e. The van der Waals surface area contributed by atoms with Crippen LogP contribution in [0.3, 0.4) is 0 Å². The first-order valence-electron chi connectivity index (χ1n) is 7.94. The van der Waals surface area contributed by atoms with E-state index in [9.17, 15) is 14.4 Å². The summed E-state index contributed by atoms with van der Waals surface area (Å²) < 4.78 is 3.77. The lowest BCUT2D eigenvalue weighted by molar-refractivity contribution is 0.559. The highest BCUT2D eigenvalue weighted by molar-refractivity contribution is 6.30. The molecule has 0 saturated heterocycles. The fourth-order valence-corrected chi connectivity index (χ4v) is 2.79. The molecular weight excluding hydrogens is 356 g/mol. The highest BCUT2D eigenvalue weighted by atomic mass is 35.5. The van der Waals surface area contributed by atoms with Gasteiger partial charge in [0.05, 0.1) is 13.1 Å². The van der Waals surface area contributed by atoms with Crippen molar-refractivity contribution >= 4 is 11.6 Å². The molecule has 0 saturated carbocycles. The van der Waals surface area contributed by atoms with Crippen molar-refractivity contribution in [2.45, 2.75) is 20.0 Å². The lowest BCUT2D eigenvalue weighted by atomic mass is 10.2. The van der Waals surface area contributed by atoms with Gasteiger partial charge >= 0.3 is 11.4 Å². The van der Waals surface area contributed by atoms with Gasteiger partial charge in [0.2, 0.25) is 0 Å². The van der Waals surface area contributed by atoms with Gasteiger partial charge in [0.1, 0.15) is 5.82 Å². The number of benzene rings is 1. The third kappa shape index (κ3) is 3.52. The summed E-state index contributed by atoms with van der Waals surface area (Å²) >= 11 is 5.88. The van der Waals surface area contributed by atoms with Crippen LogP contribution in [0.25, 0.3) is 0 Å². The SMILES string of the molecule is Cc1nc(=O)n(Cc2cccn(C)c2=O)c(=O)n1Cc1ccc(Cl)cc1. The largest absolute Gasteiger partial charge is 0.353 e. The molecule has 3 aromatic rings. The predicted molar refractivity (Wildman–Crippen MR) is 98.8 cm³/mol. The number of halogens is 1. The second kappa shape index (κ2) is 7.13. The van der Waals surface area contributed by atoms with Gasteiger partial charge in [-0.25, -0.2) is 14.2 Å². The topological polar surface area (TPSA) is 78.9 Å². The summed E-state index contributed by atoms with van der Waals surface area (Å²) in [7, 11) is 1.61. The minimum atomic E-state index is -0.675. The van der Waals surface area contributed by atoms with E-state index in [0.717, 1.165) is 10.1 Å². The minimum absolute atomic E-state index is 0.126. The Balaban J connectivity index is 2.05. The van der Waals surface area contributed by atoms with Gasteiger partial charge in [0.15, 0.2) is 0 Å². The first kappa shape index (κ1) is 17.9. The van der Waals surface area contributed by atoms with Crippen LogP contribution in [-0.4, -0.2) is 18.7 Å². The van der Waals surface area contributed by atoms with E-state index < -0.39 is 11.4 Å². The maximum atomic E-state index is 12.8. The fraction of sp³-hybridized carbons (Fsp3) is 0.222. The Kier molecular flexibility index (Phi) is 4.90. The van der Waals surface area contributed by atoms with Crippen molar-refractivity contribution in [3.05, 3.63) is 95.9 Å². The van der Waals surface area contributed by atoms with Crippen LogP contribution in [0.15, 0.2) is 57.0 Å². The molecule has 3 rings (SSSR count). The van der Waals surface area contributed by atoms with Crippen molar-refractivity contribution in [1.29, 1.82) is 0 Å². The van der Waals surface area contributed by atoms with E-state index in [-0.39, 0.29) is 18.6 Å². The maximum absolute atomic E-state index is 12.8. The number of pyridine rings is 1. The molecule has 0 N–H and O–H groups in total. The summed E-state index contributed by atoms with van der Waals surface area (Å²) in [4.78, 5) is 41.2. The zero-order valence-corrected chi connectivity index (χ0v) is 15.1. The number of rotatable bonds is 4. The number of hydrogen-bond acceptors (Lipinski definition) is 4. The molecule has 26 heavy (non-hydrogen) atoms. The van der Waals surface area contributed by atoms with E-state index in [1.807, 2.05) is 0 Å². The summed E-state index contributed by atoms with van der Waals surface area (Å²) in [5, 5.41) is 0.598. The van der Waals surface area contributed by atoms with E-state index >= 15 is 0 Å². The Labute approximate surface area is 153 Å². The molecule has 0 aliphatic rings. The Bertz CT molecular complexity index is 1130. The molecule has 2 heterocycles. The van der Waals surface area contributed by atoms with Crippen LogP contribution in [-0.2, 0) is 20.1 Å². The second-order valence-electron chi connectivity index (χ2n) is 5.97. The molecule has 8 heteroatoms. The fourth-order valence-electron chi connectivity index (χ4n) is 2.66. The van der Waals surface area contributed by atoms with E-state index in [1.54, 1.807) is 56.6 Å². The second-order valence-corrected chi connectivity index (χ2v) is 6.41. The van der Waals surface area contributed by atoms with Crippen molar-refractivity contribution in [3.63, 3.8) is 0 Å². The molecule has 0 fully saturated rings. The molecule has 0 amide bonds. The molecule has 0 atom stereocenters. The third-order valence-electron chi connectivity index (χ3n) is 4.13. The van der Waals surface area contributed by atoms with Gasteiger partial charge in [-0.3, -0.25) is 9.36 Å². The summed E-state index contributed by atoms with van der Waals surface area (Å²) in [6.45, 7) is 1.73. The number of nitrogens with zero attached hydrogens (tertiary/aromatic N) is 4. The Morgan fingerprint density at radius 2 is 1.69 bits per heavy atom. The molecule has 1 aromatic carbocycles.